The van der Waals surface area contributed by atoms with Gasteiger partial charge in [0.2, 0.25) is 0 Å². The molecule has 9 heteroatoms. The molecule has 0 aliphatic carbocycles. The van der Waals surface area contributed by atoms with Crippen LogP contribution in [0.5, 0.6) is 0 Å². The van der Waals surface area contributed by atoms with Gasteiger partial charge in [-0.05, 0) is 32.9 Å². The maximum atomic E-state index is 12.3. The van der Waals surface area contributed by atoms with E-state index >= 15 is 0 Å². The van der Waals surface area contributed by atoms with E-state index in [2.05, 4.69) is 21.6 Å². The molecule has 0 fully saturated rings. The van der Waals surface area contributed by atoms with Gasteiger partial charge in [0.1, 0.15) is 5.76 Å². The Morgan fingerprint density at radius 1 is 1.09 bits per heavy atom. The number of nitrogen functional groups attached to an aromatic ring is 1. The number of aromatic nitrogens is 2. The number of benzene rings is 2. The number of aryl methyl sites for hydroxylation is 1. The van der Waals surface area contributed by atoms with Gasteiger partial charge in [-0.2, -0.15) is 0 Å². The van der Waals surface area contributed by atoms with E-state index in [1.54, 1.807) is 26.0 Å². The van der Waals surface area contributed by atoms with Crippen LogP contribution in [0, 0.1) is 6.92 Å². The second-order valence-corrected chi connectivity index (χ2v) is 9.94. The smallest absolute Gasteiger partial charge is 0.265 e. The van der Waals surface area contributed by atoms with Crippen molar-refractivity contribution in [3.05, 3.63) is 78.1 Å². The molecule has 32 heavy (non-hydrogen) atoms. The van der Waals surface area contributed by atoms with E-state index in [1.165, 1.54) is 18.3 Å². The van der Waals surface area contributed by atoms with Gasteiger partial charge in [0.25, 0.3) is 5.90 Å². The molecule has 0 atom stereocenters. The lowest BCUT2D eigenvalue weighted by molar-refractivity contribution is 0.505. The van der Waals surface area contributed by atoms with Crippen molar-refractivity contribution in [1.82, 2.24) is 9.97 Å². The van der Waals surface area contributed by atoms with Crippen LogP contribution in [0.15, 0.2) is 71.3 Å². The molecule has 3 aromatic rings. The van der Waals surface area contributed by atoms with E-state index in [-0.39, 0.29) is 22.3 Å². The molecule has 4 N–H and O–H groups in total. The minimum absolute atomic E-state index is 0.0403. The zero-order valence-electron chi connectivity index (χ0n) is 18.1. The van der Waals surface area contributed by atoms with Gasteiger partial charge in [-0.1, -0.05) is 48.5 Å². The molecule has 0 saturated carbocycles. The van der Waals surface area contributed by atoms with E-state index in [1.807, 2.05) is 31.2 Å². The number of hydrogen-bond acceptors (Lipinski definition) is 8. The number of rotatable bonds is 6. The third-order valence-corrected chi connectivity index (χ3v) is 6.98. The number of ether oxygens (including phenoxy) is 1. The number of nitrogens with zero attached hydrogens (tertiary/aromatic N) is 3. The van der Waals surface area contributed by atoms with Crippen LogP contribution in [0.25, 0.3) is 17.0 Å². The van der Waals surface area contributed by atoms with Crippen LogP contribution >= 0.6 is 0 Å². The van der Waals surface area contributed by atoms with Crippen LogP contribution in [-0.2, 0) is 14.6 Å². The Labute approximate surface area is 187 Å². The molecule has 0 unspecified atom stereocenters. The minimum Gasteiger partial charge on any atom is -0.436 e. The summed E-state index contributed by atoms with van der Waals surface area (Å²) in [7, 11) is -3.37. The molecule has 1 heterocycles. The highest BCUT2D eigenvalue weighted by molar-refractivity contribution is 7.92. The van der Waals surface area contributed by atoms with Crippen LogP contribution in [0.4, 0.5) is 5.82 Å². The summed E-state index contributed by atoms with van der Waals surface area (Å²) in [6.07, 6.45) is 1.48. The zero-order valence-corrected chi connectivity index (χ0v) is 18.9. The Balaban J connectivity index is 1.90. The molecular weight excluding hydrogens is 426 g/mol. The summed E-state index contributed by atoms with van der Waals surface area (Å²) in [6, 6.07) is 14.0. The highest BCUT2D eigenvalue weighted by Crippen LogP contribution is 2.24. The van der Waals surface area contributed by atoms with Gasteiger partial charge in [0.15, 0.2) is 21.3 Å². The number of hydrazone groups is 1. The Morgan fingerprint density at radius 3 is 2.28 bits per heavy atom. The van der Waals surface area contributed by atoms with Crippen molar-refractivity contribution < 1.29 is 13.2 Å². The molecule has 0 saturated heterocycles. The van der Waals surface area contributed by atoms with Crippen molar-refractivity contribution in [2.24, 2.45) is 10.9 Å². The largest absolute Gasteiger partial charge is 0.436 e. The number of sulfone groups is 1. The van der Waals surface area contributed by atoms with Gasteiger partial charge in [-0.25, -0.2) is 18.4 Å². The molecule has 0 spiro atoms. The first-order valence-corrected chi connectivity index (χ1v) is 11.4. The van der Waals surface area contributed by atoms with E-state index in [9.17, 15) is 8.42 Å². The van der Waals surface area contributed by atoms with Crippen LogP contribution < -0.4 is 11.6 Å². The number of nitrogens with two attached hydrogens (primary N) is 2. The molecule has 0 bridgehead atoms. The Bertz CT molecular complexity index is 1270. The van der Waals surface area contributed by atoms with Crippen molar-refractivity contribution in [2.75, 3.05) is 5.73 Å². The average molecular weight is 452 g/mol. The fraction of sp³-hybridized carbons (Fsp3) is 0.174. The zero-order chi connectivity index (χ0) is 23.5. The minimum atomic E-state index is -3.37. The molecule has 166 valence electrons. The van der Waals surface area contributed by atoms with Gasteiger partial charge in [0, 0.05) is 11.1 Å². The monoisotopic (exact) mass is 451 g/mol. The van der Waals surface area contributed by atoms with Gasteiger partial charge in [-0.15, -0.1) is 5.10 Å². The van der Waals surface area contributed by atoms with Gasteiger partial charge < -0.3 is 16.3 Å². The second-order valence-electron chi connectivity index (χ2n) is 7.43. The summed E-state index contributed by atoms with van der Waals surface area (Å²) in [5.74, 6) is 5.90. The topological polar surface area (TPSA) is 134 Å². The summed E-state index contributed by atoms with van der Waals surface area (Å²) in [6.45, 7) is 9.18. The predicted octanol–water partition coefficient (Wildman–Crippen LogP) is 3.52. The van der Waals surface area contributed by atoms with E-state index in [0.29, 0.717) is 17.0 Å². The molecule has 0 amide bonds. The quantitative estimate of drug-likeness (QED) is 0.192. The van der Waals surface area contributed by atoms with E-state index in [0.717, 1.165) is 11.1 Å². The lowest BCUT2D eigenvalue weighted by Gasteiger charge is -2.13. The van der Waals surface area contributed by atoms with E-state index < -0.39 is 15.1 Å². The van der Waals surface area contributed by atoms with Gasteiger partial charge in [0.05, 0.1) is 22.0 Å². The summed E-state index contributed by atoms with van der Waals surface area (Å²) in [5, 5.41) is 3.16. The predicted molar refractivity (Wildman–Crippen MR) is 126 cm³/mol. The van der Waals surface area contributed by atoms with E-state index in [4.69, 9.17) is 16.3 Å². The standard InChI is InChI=1S/C23H25N5O3S/c1-14(2)32(29,30)19-11-9-18(10-12-19)20-13-26-22(24)21(27-20)23(28-25)31-16(4)17-7-5-15(3)6-8-17/h5-14H,4,25H2,1-3H3,(H2,24,26)/b28-23-. The summed E-state index contributed by atoms with van der Waals surface area (Å²) >= 11 is 0. The molecule has 0 radical (unpaired) electrons. The Hall–Kier alpha value is -3.72. The van der Waals surface area contributed by atoms with Crippen molar-refractivity contribution >= 4 is 27.3 Å². The maximum absolute atomic E-state index is 12.3. The number of anilines is 1. The van der Waals surface area contributed by atoms with Crippen molar-refractivity contribution in [3.63, 3.8) is 0 Å². The molecule has 0 aliphatic rings. The first-order chi connectivity index (χ1) is 15.1. The van der Waals surface area contributed by atoms with Crippen LogP contribution in [0.2, 0.25) is 0 Å². The molecule has 2 aromatic carbocycles. The fourth-order valence-electron chi connectivity index (χ4n) is 2.83. The summed E-state index contributed by atoms with van der Waals surface area (Å²) in [5.41, 5.74) is 9.10. The summed E-state index contributed by atoms with van der Waals surface area (Å²) in [4.78, 5) is 8.89. The highest BCUT2D eigenvalue weighted by atomic mass is 32.2. The normalized spacial score (nSPS) is 12.1. The number of hydrogen-bond donors (Lipinski definition) is 2. The molecule has 0 aliphatic heterocycles. The maximum Gasteiger partial charge on any atom is 0.265 e. The van der Waals surface area contributed by atoms with Gasteiger partial charge >= 0.3 is 0 Å². The fourth-order valence-corrected chi connectivity index (χ4v) is 3.89. The Kier molecular flexibility index (Phi) is 6.59. The highest BCUT2D eigenvalue weighted by Gasteiger charge is 2.20. The van der Waals surface area contributed by atoms with Crippen LogP contribution in [0.3, 0.4) is 0 Å². The SMILES string of the molecule is C=C(O/C(=N\N)c1nc(-c2ccc(S(=O)(=O)C(C)C)cc2)cnc1N)c1ccc(C)cc1. The lowest BCUT2D eigenvalue weighted by atomic mass is 10.1. The third-order valence-electron chi connectivity index (χ3n) is 4.81. The van der Waals surface area contributed by atoms with Crippen LogP contribution in [-0.4, -0.2) is 29.5 Å². The molecule has 1 aromatic heterocycles. The lowest BCUT2D eigenvalue weighted by Crippen LogP contribution is -2.15. The average Bonchev–Trinajstić information content (AvgIpc) is 2.78. The van der Waals surface area contributed by atoms with Crippen molar-refractivity contribution in [2.45, 2.75) is 30.9 Å². The first-order valence-electron chi connectivity index (χ1n) is 9.82. The van der Waals surface area contributed by atoms with Gasteiger partial charge in [-0.3, -0.25) is 0 Å². The summed E-state index contributed by atoms with van der Waals surface area (Å²) < 4.78 is 30.4. The van der Waals surface area contributed by atoms with Crippen molar-refractivity contribution in [1.29, 1.82) is 0 Å². The molecular formula is C23H25N5O3S. The van der Waals surface area contributed by atoms with Crippen molar-refractivity contribution in [3.8, 4) is 11.3 Å². The first kappa shape index (κ1) is 23.0. The Morgan fingerprint density at radius 2 is 1.72 bits per heavy atom. The van der Waals surface area contributed by atoms with Crippen LogP contribution in [0.1, 0.15) is 30.7 Å². The molecule has 8 nitrogen and oxygen atoms in total. The third kappa shape index (κ3) is 4.78. The molecule has 3 rings (SSSR count). The second kappa shape index (κ2) is 9.19.